The molecular weight excluding hydrogens is 218 g/mol. The molecule has 0 aromatic heterocycles. The van der Waals surface area contributed by atoms with Crippen molar-refractivity contribution in [2.75, 3.05) is 18.5 Å². The van der Waals surface area contributed by atoms with Crippen molar-refractivity contribution in [1.29, 1.82) is 0 Å². The summed E-state index contributed by atoms with van der Waals surface area (Å²) in [5.41, 5.74) is 1.57. The summed E-state index contributed by atoms with van der Waals surface area (Å²) in [7, 11) is 0. The van der Waals surface area contributed by atoms with Gasteiger partial charge in [-0.05, 0) is 30.7 Å². The summed E-state index contributed by atoms with van der Waals surface area (Å²) in [6, 6.07) is 7.17. The number of hydrogen-bond acceptors (Lipinski definition) is 3. The summed E-state index contributed by atoms with van der Waals surface area (Å²) in [6.07, 6.45) is 1.81. The SMILES string of the molecule is CC(=O)Nc1cccc(OCC=C(C)CO)c1. The molecule has 17 heavy (non-hydrogen) atoms. The fraction of sp³-hybridized carbons (Fsp3) is 0.308. The average Bonchev–Trinajstić information content (AvgIpc) is 2.28. The van der Waals surface area contributed by atoms with E-state index in [4.69, 9.17) is 9.84 Å². The molecule has 0 saturated heterocycles. The highest BCUT2D eigenvalue weighted by atomic mass is 16.5. The van der Waals surface area contributed by atoms with E-state index in [1.807, 2.05) is 25.1 Å². The number of ether oxygens (including phenoxy) is 1. The van der Waals surface area contributed by atoms with Gasteiger partial charge in [0, 0.05) is 18.7 Å². The van der Waals surface area contributed by atoms with Crippen LogP contribution in [0.5, 0.6) is 5.75 Å². The molecule has 1 amide bonds. The van der Waals surface area contributed by atoms with Gasteiger partial charge in [0.05, 0.1) is 6.61 Å². The van der Waals surface area contributed by atoms with Gasteiger partial charge >= 0.3 is 0 Å². The fourth-order valence-electron chi connectivity index (χ4n) is 1.21. The summed E-state index contributed by atoms with van der Waals surface area (Å²) in [4.78, 5) is 10.9. The number of carbonyl (C=O) groups excluding carboxylic acids is 1. The summed E-state index contributed by atoms with van der Waals surface area (Å²) in [5, 5.41) is 11.5. The van der Waals surface area contributed by atoms with Crippen LogP contribution in [0, 0.1) is 0 Å². The Balaban J connectivity index is 2.57. The Morgan fingerprint density at radius 1 is 1.47 bits per heavy atom. The quantitative estimate of drug-likeness (QED) is 0.767. The number of hydrogen-bond donors (Lipinski definition) is 2. The lowest BCUT2D eigenvalue weighted by Gasteiger charge is -2.06. The molecule has 2 N–H and O–H groups in total. The minimum atomic E-state index is -0.113. The number of aliphatic hydroxyl groups excluding tert-OH is 1. The van der Waals surface area contributed by atoms with Crippen LogP contribution < -0.4 is 10.1 Å². The third-order valence-electron chi connectivity index (χ3n) is 2.09. The second-order valence-electron chi connectivity index (χ2n) is 3.73. The highest BCUT2D eigenvalue weighted by Gasteiger charge is 1.97. The first kappa shape index (κ1) is 13.3. The van der Waals surface area contributed by atoms with E-state index < -0.39 is 0 Å². The molecule has 0 aliphatic heterocycles. The average molecular weight is 235 g/mol. The zero-order valence-corrected chi connectivity index (χ0v) is 10.1. The van der Waals surface area contributed by atoms with Gasteiger partial charge in [-0.1, -0.05) is 6.07 Å². The van der Waals surface area contributed by atoms with Crippen LogP contribution in [0.3, 0.4) is 0 Å². The largest absolute Gasteiger partial charge is 0.489 e. The van der Waals surface area contributed by atoms with Crippen LogP contribution in [-0.4, -0.2) is 24.2 Å². The third kappa shape index (κ3) is 5.17. The number of nitrogens with one attached hydrogen (secondary N) is 1. The van der Waals surface area contributed by atoms with Crippen molar-refractivity contribution in [3.05, 3.63) is 35.9 Å². The molecule has 0 bridgehead atoms. The van der Waals surface area contributed by atoms with Crippen LogP contribution in [0.2, 0.25) is 0 Å². The molecule has 0 fully saturated rings. The van der Waals surface area contributed by atoms with Gasteiger partial charge in [-0.3, -0.25) is 4.79 Å². The number of carbonyl (C=O) groups is 1. The van der Waals surface area contributed by atoms with Crippen LogP contribution >= 0.6 is 0 Å². The molecule has 4 heteroatoms. The maximum atomic E-state index is 10.9. The van der Waals surface area contributed by atoms with Crippen LogP contribution in [0.1, 0.15) is 13.8 Å². The van der Waals surface area contributed by atoms with E-state index in [2.05, 4.69) is 5.32 Å². The molecule has 0 unspecified atom stereocenters. The molecule has 92 valence electrons. The Morgan fingerprint density at radius 3 is 2.88 bits per heavy atom. The molecule has 0 radical (unpaired) electrons. The van der Waals surface area contributed by atoms with Crippen molar-refractivity contribution in [2.24, 2.45) is 0 Å². The van der Waals surface area contributed by atoms with Gasteiger partial charge in [0.25, 0.3) is 0 Å². The van der Waals surface area contributed by atoms with E-state index in [-0.39, 0.29) is 12.5 Å². The number of amides is 1. The maximum absolute atomic E-state index is 10.9. The predicted molar refractivity (Wildman–Crippen MR) is 67.1 cm³/mol. The van der Waals surface area contributed by atoms with E-state index in [0.29, 0.717) is 18.0 Å². The number of benzene rings is 1. The Bertz CT molecular complexity index is 413. The number of anilines is 1. The topological polar surface area (TPSA) is 58.6 Å². The van der Waals surface area contributed by atoms with Crippen molar-refractivity contribution in [2.45, 2.75) is 13.8 Å². The molecule has 1 aromatic carbocycles. The highest BCUT2D eigenvalue weighted by molar-refractivity contribution is 5.88. The van der Waals surface area contributed by atoms with Gasteiger partial charge in [0.15, 0.2) is 0 Å². The van der Waals surface area contributed by atoms with E-state index in [9.17, 15) is 4.79 Å². The lowest BCUT2D eigenvalue weighted by atomic mass is 10.3. The fourth-order valence-corrected chi connectivity index (χ4v) is 1.21. The Morgan fingerprint density at radius 2 is 2.24 bits per heavy atom. The van der Waals surface area contributed by atoms with Gasteiger partial charge in [-0.2, -0.15) is 0 Å². The summed E-state index contributed by atoms with van der Waals surface area (Å²) in [6.45, 7) is 3.73. The molecule has 0 aliphatic rings. The lowest BCUT2D eigenvalue weighted by molar-refractivity contribution is -0.114. The minimum Gasteiger partial charge on any atom is -0.489 e. The van der Waals surface area contributed by atoms with Gasteiger partial charge < -0.3 is 15.2 Å². The van der Waals surface area contributed by atoms with E-state index in [1.165, 1.54) is 6.92 Å². The van der Waals surface area contributed by atoms with Crippen molar-refractivity contribution in [3.8, 4) is 5.75 Å². The molecule has 0 heterocycles. The molecule has 1 aromatic rings. The summed E-state index contributed by atoms with van der Waals surface area (Å²) < 4.78 is 5.46. The number of rotatable bonds is 5. The molecular formula is C13H17NO3. The first-order chi connectivity index (χ1) is 8.11. The van der Waals surface area contributed by atoms with Gasteiger partial charge in [0.2, 0.25) is 5.91 Å². The van der Waals surface area contributed by atoms with Crippen molar-refractivity contribution >= 4 is 11.6 Å². The van der Waals surface area contributed by atoms with Gasteiger partial charge in [-0.15, -0.1) is 0 Å². The Labute approximate surface area is 101 Å². The Hall–Kier alpha value is -1.81. The summed E-state index contributed by atoms with van der Waals surface area (Å²) in [5.74, 6) is 0.566. The molecule has 1 rings (SSSR count). The molecule has 0 aliphatic carbocycles. The normalized spacial score (nSPS) is 11.1. The standard InChI is InChI=1S/C13H17NO3/c1-10(9-15)6-7-17-13-5-3-4-12(8-13)14-11(2)16/h3-6,8,15H,7,9H2,1-2H3,(H,14,16). The molecule has 0 saturated carbocycles. The van der Waals surface area contributed by atoms with Crippen LogP contribution in [-0.2, 0) is 4.79 Å². The predicted octanol–water partition coefficient (Wildman–Crippen LogP) is 1.96. The zero-order valence-electron chi connectivity index (χ0n) is 10.1. The van der Waals surface area contributed by atoms with Crippen LogP contribution in [0.25, 0.3) is 0 Å². The minimum absolute atomic E-state index is 0.0370. The Kier molecular flexibility index (Phi) is 5.23. The molecule has 0 spiro atoms. The van der Waals surface area contributed by atoms with Gasteiger partial charge in [0.1, 0.15) is 12.4 Å². The van der Waals surface area contributed by atoms with E-state index >= 15 is 0 Å². The second-order valence-corrected chi connectivity index (χ2v) is 3.73. The van der Waals surface area contributed by atoms with Crippen molar-refractivity contribution < 1.29 is 14.6 Å². The highest BCUT2D eigenvalue weighted by Crippen LogP contribution is 2.17. The van der Waals surface area contributed by atoms with E-state index in [1.54, 1.807) is 12.1 Å². The molecule has 0 atom stereocenters. The monoisotopic (exact) mass is 235 g/mol. The molecule has 4 nitrogen and oxygen atoms in total. The smallest absolute Gasteiger partial charge is 0.221 e. The zero-order chi connectivity index (χ0) is 12.7. The number of aliphatic hydroxyl groups is 1. The van der Waals surface area contributed by atoms with Crippen molar-refractivity contribution in [1.82, 2.24) is 0 Å². The summed E-state index contributed by atoms with van der Waals surface area (Å²) >= 11 is 0. The first-order valence-electron chi connectivity index (χ1n) is 5.38. The van der Waals surface area contributed by atoms with Crippen LogP contribution in [0.15, 0.2) is 35.9 Å². The van der Waals surface area contributed by atoms with Crippen LogP contribution in [0.4, 0.5) is 5.69 Å². The van der Waals surface area contributed by atoms with Gasteiger partial charge in [-0.25, -0.2) is 0 Å². The van der Waals surface area contributed by atoms with E-state index in [0.717, 1.165) is 5.57 Å². The lowest BCUT2D eigenvalue weighted by Crippen LogP contribution is -2.05. The first-order valence-corrected chi connectivity index (χ1v) is 5.38. The third-order valence-corrected chi connectivity index (χ3v) is 2.09. The second kappa shape index (κ2) is 6.70. The van der Waals surface area contributed by atoms with Crippen molar-refractivity contribution in [3.63, 3.8) is 0 Å². The maximum Gasteiger partial charge on any atom is 0.221 e.